The molecule has 1 unspecified atom stereocenters. The summed E-state index contributed by atoms with van der Waals surface area (Å²) in [6.45, 7) is 3.73. The van der Waals surface area contributed by atoms with E-state index in [1.807, 2.05) is 6.92 Å². The minimum Gasteiger partial charge on any atom is -0.383 e. The lowest BCUT2D eigenvalue weighted by molar-refractivity contribution is 0.172. The Bertz CT molecular complexity index is 241. The van der Waals surface area contributed by atoms with Gasteiger partial charge < -0.3 is 10.1 Å². The summed E-state index contributed by atoms with van der Waals surface area (Å²) in [5.41, 5.74) is 0. The fourth-order valence-electron chi connectivity index (χ4n) is 0.943. The number of rotatable bonds is 7. The highest BCUT2D eigenvalue weighted by Gasteiger charge is 2.10. The molecule has 0 aliphatic carbocycles. The maximum Gasteiger partial charge on any atom is 0.210 e. The molecule has 0 aromatic rings. The van der Waals surface area contributed by atoms with E-state index in [1.54, 1.807) is 14.2 Å². The van der Waals surface area contributed by atoms with Gasteiger partial charge in [0.05, 0.1) is 12.9 Å². The van der Waals surface area contributed by atoms with E-state index in [0.29, 0.717) is 19.7 Å². The Morgan fingerprint density at radius 3 is 2.50 bits per heavy atom. The number of ether oxygens (including phenoxy) is 1. The molecule has 1 atom stereocenters. The molecule has 0 rings (SSSR count). The average molecular weight is 224 g/mol. The van der Waals surface area contributed by atoms with Gasteiger partial charge in [-0.25, -0.2) is 12.7 Å². The van der Waals surface area contributed by atoms with Crippen molar-refractivity contribution in [1.82, 2.24) is 9.62 Å². The predicted octanol–water partition coefficient (Wildman–Crippen LogP) is -0.498. The molecule has 6 heteroatoms. The van der Waals surface area contributed by atoms with Crippen LogP contribution in [-0.4, -0.2) is 58.9 Å². The van der Waals surface area contributed by atoms with Crippen LogP contribution in [0.5, 0.6) is 0 Å². The third-order valence-corrected chi connectivity index (χ3v) is 3.22. The van der Waals surface area contributed by atoms with Crippen LogP contribution in [0.1, 0.15) is 6.92 Å². The standard InChI is InChI=1S/C8H20N2O3S/c1-8(7-13-3)9-5-6-10(2)14(4,11)12/h8-9H,5-7H2,1-4H3. The Labute approximate surface area is 86.5 Å². The fourth-order valence-corrected chi connectivity index (χ4v) is 1.37. The van der Waals surface area contributed by atoms with E-state index in [4.69, 9.17) is 4.74 Å². The molecule has 1 N–H and O–H groups in total. The summed E-state index contributed by atoms with van der Waals surface area (Å²) in [4.78, 5) is 0. The van der Waals surface area contributed by atoms with Crippen molar-refractivity contribution in [3.05, 3.63) is 0 Å². The molecule has 0 fully saturated rings. The largest absolute Gasteiger partial charge is 0.383 e. The lowest BCUT2D eigenvalue weighted by atomic mass is 10.3. The third-order valence-electron chi connectivity index (χ3n) is 1.90. The first-order valence-electron chi connectivity index (χ1n) is 4.51. The summed E-state index contributed by atoms with van der Waals surface area (Å²) in [5, 5.41) is 3.16. The lowest BCUT2D eigenvalue weighted by Gasteiger charge is -2.17. The number of likely N-dealkylation sites (N-methyl/N-ethyl adjacent to an activating group) is 1. The van der Waals surface area contributed by atoms with Crippen LogP contribution in [0.3, 0.4) is 0 Å². The van der Waals surface area contributed by atoms with Gasteiger partial charge in [-0.2, -0.15) is 0 Å². The summed E-state index contributed by atoms with van der Waals surface area (Å²) in [6.07, 6.45) is 1.20. The summed E-state index contributed by atoms with van der Waals surface area (Å²) in [5.74, 6) is 0. The monoisotopic (exact) mass is 224 g/mol. The van der Waals surface area contributed by atoms with Crippen LogP contribution < -0.4 is 5.32 Å². The molecule has 0 radical (unpaired) electrons. The van der Waals surface area contributed by atoms with Crippen LogP contribution in [-0.2, 0) is 14.8 Å². The molecule has 86 valence electrons. The topological polar surface area (TPSA) is 58.6 Å². The van der Waals surface area contributed by atoms with E-state index in [1.165, 1.54) is 10.6 Å². The maximum absolute atomic E-state index is 11.0. The van der Waals surface area contributed by atoms with Crippen LogP contribution in [0.25, 0.3) is 0 Å². The summed E-state index contributed by atoms with van der Waals surface area (Å²) in [7, 11) is 0.156. The number of methoxy groups -OCH3 is 1. The van der Waals surface area contributed by atoms with Crippen LogP contribution in [0.15, 0.2) is 0 Å². The molecule has 5 nitrogen and oxygen atoms in total. The maximum atomic E-state index is 11.0. The Morgan fingerprint density at radius 2 is 2.07 bits per heavy atom. The molecule has 0 saturated carbocycles. The Kier molecular flexibility index (Phi) is 6.26. The van der Waals surface area contributed by atoms with Gasteiger partial charge in [-0.05, 0) is 6.92 Å². The van der Waals surface area contributed by atoms with Gasteiger partial charge in [-0.3, -0.25) is 0 Å². The first-order chi connectivity index (χ1) is 6.38. The number of nitrogens with zero attached hydrogens (tertiary/aromatic N) is 1. The molecular formula is C8H20N2O3S. The SMILES string of the molecule is COCC(C)NCCN(C)S(C)(=O)=O. The van der Waals surface area contributed by atoms with Crippen molar-refractivity contribution in [1.29, 1.82) is 0 Å². The predicted molar refractivity (Wildman–Crippen MR) is 56.8 cm³/mol. The van der Waals surface area contributed by atoms with Gasteiger partial charge in [-0.15, -0.1) is 0 Å². The zero-order chi connectivity index (χ0) is 11.2. The van der Waals surface area contributed by atoms with Crippen LogP contribution in [0.2, 0.25) is 0 Å². The van der Waals surface area contributed by atoms with Crippen LogP contribution in [0, 0.1) is 0 Å². The first kappa shape index (κ1) is 13.8. The molecule has 0 aliphatic rings. The second kappa shape index (κ2) is 6.34. The molecule has 0 spiro atoms. The van der Waals surface area contributed by atoms with Gasteiger partial charge in [-0.1, -0.05) is 0 Å². The molecule has 0 amide bonds. The van der Waals surface area contributed by atoms with Crippen molar-refractivity contribution in [2.75, 3.05) is 40.1 Å². The van der Waals surface area contributed by atoms with Crippen molar-refractivity contribution in [2.45, 2.75) is 13.0 Å². The molecule has 0 bridgehead atoms. The normalized spacial score (nSPS) is 14.6. The molecule has 0 aromatic carbocycles. The number of hydrogen-bond acceptors (Lipinski definition) is 4. The van der Waals surface area contributed by atoms with Crippen molar-refractivity contribution in [3.8, 4) is 0 Å². The van der Waals surface area contributed by atoms with Gasteiger partial charge >= 0.3 is 0 Å². The Morgan fingerprint density at radius 1 is 1.50 bits per heavy atom. The minimum atomic E-state index is -3.05. The fraction of sp³-hybridized carbons (Fsp3) is 1.00. The summed E-state index contributed by atoms with van der Waals surface area (Å²) >= 11 is 0. The van der Waals surface area contributed by atoms with Gasteiger partial charge in [0.1, 0.15) is 0 Å². The average Bonchev–Trinajstić information content (AvgIpc) is 2.02. The molecule has 14 heavy (non-hydrogen) atoms. The molecule has 0 saturated heterocycles. The minimum absolute atomic E-state index is 0.243. The lowest BCUT2D eigenvalue weighted by Crippen LogP contribution is -2.38. The van der Waals surface area contributed by atoms with E-state index >= 15 is 0 Å². The summed E-state index contributed by atoms with van der Waals surface area (Å²) < 4.78 is 28.3. The number of sulfonamides is 1. The highest BCUT2D eigenvalue weighted by atomic mass is 32.2. The zero-order valence-corrected chi connectivity index (χ0v) is 10.1. The number of nitrogens with one attached hydrogen (secondary N) is 1. The van der Waals surface area contributed by atoms with Crippen molar-refractivity contribution in [2.24, 2.45) is 0 Å². The van der Waals surface area contributed by atoms with E-state index in [-0.39, 0.29) is 6.04 Å². The van der Waals surface area contributed by atoms with Crippen molar-refractivity contribution < 1.29 is 13.2 Å². The van der Waals surface area contributed by atoms with Gasteiger partial charge in [0.15, 0.2) is 0 Å². The van der Waals surface area contributed by atoms with Crippen LogP contribution in [0.4, 0.5) is 0 Å². The highest BCUT2D eigenvalue weighted by molar-refractivity contribution is 7.88. The smallest absolute Gasteiger partial charge is 0.210 e. The second-order valence-electron chi connectivity index (χ2n) is 3.40. The third kappa shape index (κ3) is 6.31. The first-order valence-corrected chi connectivity index (χ1v) is 6.36. The van der Waals surface area contributed by atoms with Crippen molar-refractivity contribution >= 4 is 10.0 Å². The quantitative estimate of drug-likeness (QED) is 0.633. The molecule has 0 aromatic heterocycles. The molecule has 0 heterocycles. The number of hydrogen-bond donors (Lipinski definition) is 1. The van der Waals surface area contributed by atoms with E-state index < -0.39 is 10.0 Å². The second-order valence-corrected chi connectivity index (χ2v) is 5.48. The van der Waals surface area contributed by atoms with E-state index in [9.17, 15) is 8.42 Å². The van der Waals surface area contributed by atoms with Crippen LogP contribution >= 0.6 is 0 Å². The molecular weight excluding hydrogens is 204 g/mol. The summed E-state index contributed by atoms with van der Waals surface area (Å²) in [6, 6.07) is 0.243. The van der Waals surface area contributed by atoms with Crippen molar-refractivity contribution in [3.63, 3.8) is 0 Å². The van der Waals surface area contributed by atoms with Gasteiger partial charge in [0.25, 0.3) is 0 Å². The van der Waals surface area contributed by atoms with E-state index in [2.05, 4.69) is 5.32 Å². The zero-order valence-electron chi connectivity index (χ0n) is 9.28. The Balaban J connectivity index is 3.64. The van der Waals surface area contributed by atoms with E-state index in [0.717, 1.165) is 0 Å². The molecule has 0 aliphatic heterocycles. The highest BCUT2D eigenvalue weighted by Crippen LogP contribution is 1.91. The Hall–Kier alpha value is -0.170. The van der Waals surface area contributed by atoms with Gasteiger partial charge in [0, 0.05) is 33.3 Å². The van der Waals surface area contributed by atoms with Gasteiger partial charge in [0.2, 0.25) is 10.0 Å².